The first-order chi connectivity index (χ1) is 19.3. The average Bonchev–Trinajstić information content (AvgIpc) is 3.23. The number of rotatable bonds is 8. The van der Waals surface area contributed by atoms with Crippen LogP contribution in [0, 0.1) is 0 Å². The summed E-state index contributed by atoms with van der Waals surface area (Å²) >= 11 is 1.30. The maximum absolute atomic E-state index is 14.1. The summed E-state index contributed by atoms with van der Waals surface area (Å²) < 4.78 is 19.5. The lowest BCUT2D eigenvalue weighted by molar-refractivity contribution is -0.139. The number of carbonyl (C=O) groups is 1. The third-order valence-corrected chi connectivity index (χ3v) is 7.58. The quantitative estimate of drug-likeness (QED) is 0.281. The summed E-state index contributed by atoms with van der Waals surface area (Å²) in [4.78, 5) is 32.6. The number of nitrogens with zero attached hydrogens (tertiary/aromatic N) is 2. The Morgan fingerprint density at radius 3 is 2.45 bits per heavy atom. The molecule has 3 aromatic carbocycles. The average molecular weight is 557 g/mol. The summed E-state index contributed by atoms with van der Waals surface area (Å²) in [6.45, 7) is 10.1. The molecule has 206 valence electrons. The number of carbonyl (C=O) groups excluding carboxylic acids is 1. The van der Waals surface area contributed by atoms with E-state index in [1.54, 1.807) is 18.4 Å². The maximum atomic E-state index is 14.1. The van der Waals surface area contributed by atoms with Crippen molar-refractivity contribution in [3.8, 4) is 11.5 Å². The molecule has 40 heavy (non-hydrogen) atoms. The molecule has 0 spiro atoms. The Kier molecular flexibility index (Phi) is 7.89. The molecule has 2 heterocycles. The molecule has 0 saturated carbocycles. The van der Waals surface area contributed by atoms with Crippen molar-refractivity contribution in [1.82, 2.24) is 4.57 Å². The zero-order chi connectivity index (χ0) is 28.4. The summed E-state index contributed by atoms with van der Waals surface area (Å²) in [5.74, 6) is 0.902. The normalized spacial score (nSPS) is 15.2. The first kappa shape index (κ1) is 27.4. The Morgan fingerprint density at radius 2 is 1.73 bits per heavy atom. The van der Waals surface area contributed by atoms with Gasteiger partial charge in [0.15, 0.2) is 4.80 Å². The minimum absolute atomic E-state index is 0.0963. The third-order valence-electron chi connectivity index (χ3n) is 6.60. The van der Waals surface area contributed by atoms with E-state index in [-0.39, 0.29) is 18.3 Å². The molecule has 0 amide bonds. The molecular formula is C32H32N2O5S. The molecule has 1 aliphatic rings. The van der Waals surface area contributed by atoms with Crippen molar-refractivity contribution in [2.75, 3.05) is 13.2 Å². The molecular weight excluding hydrogens is 524 g/mol. The Labute approximate surface area is 236 Å². The molecule has 4 aromatic rings. The van der Waals surface area contributed by atoms with Crippen molar-refractivity contribution < 1.29 is 19.0 Å². The lowest BCUT2D eigenvalue weighted by Crippen LogP contribution is -2.40. The van der Waals surface area contributed by atoms with Crippen LogP contribution in [0.4, 0.5) is 0 Å². The third kappa shape index (κ3) is 5.07. The molecule has 0 bridgehead atoms. The van der Waals surface area contributed by atoms with Gasteiger partial charge in [-0.05, 0) is 63.8 Å². The van der Waals surface area contributed by atoms with Gasteiger partial charge in [0, 0.05) is 10.9 Å². The largest absolute Gasteiger partial charge is 0.493 e. The van der Waals surface area contributed by atoms with Crippen LogP contribution >= 0.6 is 11.3 Å². The highest BCUT2D eigenvalue weighted by atomic mass is 32.1. The van der Waals surface area contributed by atoms with Crippen molar-refractivity contribution in [3.05, 3.63) is 103 Å². The minimum atomic E-state index is -0.746. The van der Waals surface area contributed by atoms with Crippen LogP contribution in [-0.2, 0) is 9.53 Å². The highest BCUT2D eigenvalue weighted by Gasteiger charge is 2.35. The van der Waals surface area contributed by atoms with Gasteiger partial charge in [0.25, 0.3) is 5.56 Å². The number of esters is 1. The second-order valence-corrected chi connectivity index (χ2v) is 10.6. The molecule has 0 saturated heterocycles. The van der Waals surface area contributed by atoms with Crippen LogP contribution < -0.4 is 24.4 Å². The van der Waals surface area contributed by atoms with Crippen molar-refractivity contribution >= 4 is 34.2 Å². The number of thiazole rings is 1. The van der Waals surface area contributed by atoms with Crippen LogP contribution in [-0.4, -0.2) is 29.9 Å². The van der Waals surface area contributed by atoms with E-state index in [2.05, 4.69) is 0 Å². The van der Waals surface area contributed by atoms with Gasteiger partial charge < -0.3 is 14.2 Å². The van der Waals surface area contributed by atoms with E-state index in [0.717, 1.165) is 22.1 Å². The van der Waals surface area contributed by atoms with Crippen molar-refractivity contribution in [1.29, 1.82) is 0 Å². The number of hydrogen-bond donors (Lipinski definition) is 0. The van der Waals surface area contributed by atoms with Crippen molar-refractivity contribution in [2.24, 2.45) is 4.99 Å². The van der Waals surface area contributed by atoms with E-state index in [9.17, 15) is 9.59 Å². The molecule has 1 atom stereocenters. The number of ether oxygens (including phenoxy) is 3. The molecule has 0 unspecified atom stereocenters. The summed E-state index contributed by atoms with van der Waals surface area (Å²) in [6, 6.07) is 18.6. The summed E-state index contributed by atoms with van der Waals surface area (Å²) in [7, 11) is 0. The molecule has 5 rings (SSSR count). The maximum Gasteiger partial charge on any atom is 0.338 e. The van der Waals surface area contributed by atoms with Gasteiger partial charge in [0.05, 0.1) is 35.1 Å². The molecule has 0 radical (unpaired) electrons. The van der Waals surface area contributed by atoms with E-state index >= 15 is 0 Å². The highest BCUT2D eigenvalue weighted by Crippen LogP contribution is 2.36. The predicted octanol–water partition coefficient (Wildman–Crippen LogP) is 5.14. The number of benzene rings is 3. The first-order valence-corrected chi connectivity index (χ1v) is 14.3. The lowest BCUT2D eigenvalue weighted by atomic mass is 9.95. The second kappa shape index (κ2) is 11.5. The molecule has 0 fully saturated rings. The standard InChI is InChI=1S/C32H32N2O5S/c1-6-37-25-17-16-21(22-12-8-9-13-23(22)25)18-27-30(35)34-29(24-14-10-11-15-26(24)39-19(3)4)28(31(36)38-7-2)20(5)33-32(34)40-27/h8-19,29H,6-7H2,1-5H3/b27-18-/t29-/m0/s1. The first-order valence-electron chi connectivity index (χ1n) is 13.4. The van der Waals surface area contributed by atoms with Gasteiger partial charge in [-0.25, -0.2) is 9.79 Å². The molecule has 1 aliphatic heterocycles. The topological polar surface area (TPSA) is 79.1 Å². The van der Waals surface area contributed by atoms with Crippen LogP contribution in [0.1, 0.15) is 51.8 Å². The summed E-state index contributed by atoms with van der Waals surface area (Å²) in [6.07, 6.45) is 1.79. The Morgan fingerprint density at radius 1 is 1.00 bits per heavy atom. The number of hydrogen-bond acceptors (Lipinski definition) is 7. The number of aromatic nitrogens is 1. The Balaban J connectivity index is 1.75. The van der Waals surface area contributed by atoms with Gasteiger partial charge >= 0.3 is 5.97 Å². The van der Waals surface area contributed by atoms with Gasteiger partial charge in [-0.2, -0.15) is 0 Å². The Bertz CT molecular complexity index is 1800. The molecule has 0 N–H and O–H groups in total. The van der Waals surface area contributed by atoms with Gasteiger partial charge in [0.1, 0.15) is 17.5 Å². The van der Waals surface area contributed by atoms with Crippen LogP contribution in [0.2, 0.25) is 0 Å². The van der Waals surface area contributed by atoms with Crippen LogP contribution in [0.5, 0.6) is 11.5 Å². The van der Waals surface area contributed by atoms with Crippen LogP contribution in [0.25, 0.3) is 16.8 Å². The van der Waals surface area contributed by atoms with Crippen LogP contribution in [0.3, 0.4) is 0 Å². The summed E-state index contributed by atoms with van der Waals surface area (Å²) in [5.41, 5.74) is 2.20. The molecule has 0 aliphatic carbocycles. The zero-order valence-corrected chi connectivity index (χ0v) is 24.1. The number of para-hydroxylation sites is 1. The van der Waals surface area contributed by atoms with E-state index in [1.807, 2.05) is 87.5 Å². The van der Waals surface area contributed by atoms with Gasteiger partial charge in [-0.15, -0.1) is 0 Å². The fraction of sp³-hybridized carbons (Fsp3) is 0.281. The molecule has 7 nitrogen and oxygen atoms in total. The fourth-order valence-corrected chi connectivity index (χ4v) is 6.03. The summed E-state index contributed by atoms with van der Waals surface area (Å²) in [5, 5.41) is 1.96. The van der Waals surface area contributed by atoms with Crippen LogP contribution in [0.15, 0.2) is 81.7 Å². The zero-order valence-electron chi connectivity index (χ0n) is 23.3. The number of allylic oxidation sites excluding steroid dienone is 1. The lowest BCUT2D eigenvalue weighted by Gasteiger charge is -2.26. The predicted molar refractivity (Wildman–Crippen MR) is 158 cm³/mol. The fourth-order valence-electron chi connectivity index (χ4n) is 5.00. The monoisotopic (exact) mass is 556 g/mol. The van der Waals surface area contributed by atoms with Gasteiger partial charge in [0.2, 0.25) is 0 Å². The second-order valence-electron chi connectivity index (χ2n) is 9.64. The molecule has 8 heteroatoms. The van der Waals surface area contributed by atoms with Crippen molar-refractivity contribution in [2.45, 2.75) is 46.8 Å². The smallest absolute Gasteiger partial charge is 0.338 e. The van der Waals surface area contributed by atoms with E-state index in [1.165, 1.54) is 11.3 Å². The highest BCUT2D eigenvalue weighted by molar-refractivity contribution is 7.07. The van der Waals surface area contributed by atoms with Gasteiger partial charge in [-0.1, -0.05) is 59.9 Å². The molecule has 1 aromatic heterocycles. The SMILES string of the molecule is CCOC(=O)C1=C(C)N=c2s/c(=C\c3ccc(OCC)c4ccccc34)c(=O)n2[C@H]1c1ccccc1OC(C)C. The van der Waals surface area contributed by atoms with E-state index in [4.69, 9.17) is 19.2 Å². The Hall–Kier alpha value is -4.17. The number of fused-ring (bicyclic) bond motifs is 2. The van der Waals surface area contributed by atoms with E-state index in [0.29, 0.717) is 38.5 Å². The van der Waals surface area contributed by atoms with E-state index < -0.39 is 12.0 Å². The van der Waals surface area contributed by atoms with Crippen molar-refractivity contribution in [3.63, 3.8) is 0 Å². The van der Waals surface area contributed by atoms with Gasteiger partial charge in [-0.3, -0.25) is 9.36 Å². The minimum Gasteiger partial charge on any atom is -0.493 e.